The third-order valence-corrected chi connectivity index (χ3v) is 3.80. The van der Waals surface area contributed by atoms with Crippen molar-refractivity contribution >= 4 is 5.97 Å². The van der Waals surface area contributed by atoms with Crippen LogP contribution in [0.3, 0.4) is 0 Å². The van der Waals surface area contributed by atoms with E-state index < -0.39 is 5.97 Å². The maximum Gasteiger partial charge on any atom is 0.303 e. The van der Waals surface area contributed by atoms with Crippen molar-refractivity contribution in [3.05, 3.63) is 23.3 Å². The van der Waals surface area contributed by atoms with Crippen LogP contribution in [0.25, 0.3) is 0 Å². The second-order valence-electron chi connectivity index (χ2n) is 5.06. The second kappa shape index (κ2) is 5.51. The molecular formula is C15H20O4. The molecule has 1 atom stereocenters. The fourth-order valence-electron chi connectivity index (χ4n) is 2.70. The minimum atomic E-state index is -0.757. The summed E-state index contributed by atoms with van der Waals surface area (Å²) in [7, 11) is 3.24. The lowest BCUT2D eigenvalue weighted by atomic mass is 9.89. The van der Waals surface area contributed by atoms with E-state index in [2.05, 4.69) is 0 Å². The van der Waals surface area contributed by atoms with Gasteiger partial charge in [0.1, 0.15) is 11.5 Å². The van der Waals surface area contributed by atoms with Crippen LogP contribution in [0.15, 0.2) is 12.1 Å². The average Bonchev–Trinajstić information content (AvgIpc) is 3.19. The number of hydrogen-bond donors (Lipinski definition) is 1. The quantitative estimate of drug-likeness (QED) is 0.858. The Balaban J connectivity index is 2.41. The summed E-state index contributed by atoms with van der Waals surface area (Å²) < 4.78 is 10.8. The van der Waals surface area contributed by atoms with Gasteiger partial charge in [-0.1, -0.05) is 6.07 Å². The second-order valence-corrected chi connectivity index (χ2v) is 5.06. The molecule has 0 bridgehead atoms. The Bertz CT molecular complexity index is 477. The zero-order chi connectivity index (χ0) is 14.0. The molecular weight excluding hydrogens is 244 g/mol. The van der Waals surface area contributed by atoms with E-state index in [0.29, 0.717) is 5.92 Å². The van der Waals surface area contributed by atoms with Gasteiger partial charge in [0.15, 0.2) is 0 Å². The molecule has 1 aliphatic rings. The van der Waals surface area contributed by atoms with E-state index in [1.807, 2.05) is 19.1 Å². The number of carboxylic acids is 1. The summed E-state index contributed by atoms with van der Waals surface area (Å²) in [4.78, 5) is 11.1. The summed E-state index contributed by atoms with van der Waals surface area (Å²) in [6.07, 6.45) is 2.37. The van der Waals surface area contributed by atoms with Crippen LogP contribution in [0, 0.1) is 12.8 Å². The minimum absolute atomic E-state index is 0.0389. The Morgan fingerprint density at radius 1 is 1.37 bits per heavy atom. The molecule has 0 aromatic heterocycles. The molecule has 19 heavy (non-hydrogen) atoms. The maximum atomic E-state index is 11.1. The Morgan fingerprint density at radius 2 is 2.05 bits per heavy atom. The zero-order valence-corrected chi connectivity index (χ0v) is 11.6. The number of rotatable bonds is 6. The largest absolute Gasteiger partial charge is 0.496 e. The molecule has 0 spiro atoms. The number of methoxy groups -OCH3 is 2. The molecule has 0 saturated heterocycles. The van der Waals surface area contributed by atoms with E-state index in [1.165, 1.54) is 0 Å². The first-order chi connectivity index (χ1) is 9.08. The van der Waals surface area contributed by atoms with Crippen LogP contribution in [-0.2, 0) is 4.79 Å². The van der Waals surface area contributed by atoms with Gasteiger partial charge in [-0.25, -0.2) is 0 Å². The van der Waals surface area contributed by atoms with Crippen molar-refractivity contribution in [3.8, 4) is 11.5 Å². The van der Waals surface area contributed by atoms with Gasteiger partial charge in [-0.3, -0.25) is 4.79 Å². The van der Waals surface area contributed by atoms with Gasteiger partial charge >= 0.3 is 5.97 Å². The Morgan fingerprint density at radius 3 is 2.53 bits per heavy atom. The van der Waals surface area contributed by atoms with Crippen LogP contribution in [0.2, 0.25) is 0 Å². The third kappa shape index (κ3) is 2.83. The van der Waals surface area contributed by atoms with Crippen molar-refractivity contribution < 1.29 is 19.4 Å². The molecule has 1 aromatic carbocycles. The van der Waals surface area contributed by atoms with Crippen molar-refractivity contribution in [2.75, 3.05) is 14.2 Å². The first kappa shape index (κ1) is 13.7. The highest BCUT2D eigenvalue weighted by atomic mass is 16.5. The lowest BCUT2D eigenvalue weighted by Crippen LogP contribution is -2.10. The van der Waals surface area contributed by atoms with Crippen molar-refractivity contribution in [2.24, 2.45) is 5.92 Å². The fraction of sp³-hybridized carbons (Fsp3) is 0.533. The summed E-state index contributed by atoms with van der Waals surface area (Å²) in [5.74, 6) is 1.28. The standard InChI is InChI=1S/C15H20O4/c1-9-13(18-2)7-6-11(15(9)19-3)12(8-14(16)17)10-4-5-10/h6-7,10,12H,4-5,8H2,1-3H3,(H,16,17). The SMILES string of the molecule is COc1ccc(C(CC(=O)O)C2CC2)c(OC)c1C. The van der Waals surface area contributed by atoms with E-state index in [9.17, 15) is 4.79 Å². The Kier molecular flexibility index (Phi) is 3.98. The molecule has 1 saturated carbocycles. The normalized spacial score (nSPS) is 15.9. The van der Waals surface area contributed by atoms with Crippen molar-refractivity contribution in [3.63, 3.8) is 0 Å². The minimum Gasteiger partial charge on any atom is -0.496 e. The highest BCUT2D eigenvalue weighted by Crippen LogP contribution is 2.48. The van der Waals surface area contributed by atoms with Crippen molar-refractivity contribution in [1.82, 2.24) is 0 Å². The molecule has 1 fully saturated rings. The van der Waals surface area contributed by atoms with Crippen LogP contribution in [0.1, 0.15) is 36.3 Å². The predicted octanol–water partition coefficient (Wildman–Crippen LogP) is 2.98. The van der Waals surface area contributed by atoms with Gasteiger partial charge < -0.3 is 14.6 Å². The molecule has 1 aromatic rings. The maximum absolute atomic E-state index is 11.1. The number of carboxylic acid groups (broad SMARTS) is 1. The van der Waals surface area contributed by atoms with Crippen LogP contribution in [0.4, 0.5) is 0 Å². The third-order valence-electron chi connectivity index (χ3n) is 3.80. The molecule has 0 amide bonds. The molecule has 1 aliphatic carbocycles. The van der Waals surface area contributed by atoms with E-state index in [0.717, 1.165) is 35.5 Å². The van der Waals surface area contributed by atoms with Crippen LogP contribution >= 0.6 is 0 Å². The fourth-order valence-corrected chi connectivity index (χ4v) is 2.70. The van der Waals surface area contributed by atoms with Crippen LogP contribution < -0.4 is 9.47 Å². The summed E-state index contributed by atoms with van der Waals surface area (Å²) in [6, 6.07) is 3.83. The van der Waals surface area contributed by atoms with Gasteiger partial charge in [0.2, 0.25) is 0 Å². The van der Waals surface area contributed by atoms with Crippen LogP contribution in [0.5, 0.6) is 11.5 Å². The molecule has 104 valence electrons. The first-order valence-corrected chi connectivity index (χ1v) is 6.51. The lowest BCUT2D eigenvalue weighted by Gasteiger charge is -2.20. The summed E-state index contributed by atoms with van der Waals surface area (Å²) in [6.45, 7) is 1.94. The number of carbonyl (C=O) groups is 1. The zero-order valence-electron chi connectivity index (χ0n) is 11.6. The summed E-state index contributed by atoms with van der Waals surface area (Å²) in [5, 5.41) is 9.09. The predicted molar refractivity (Wildman–Crippen MR) is 72.0 cm³/mol. The molecule has 4 nitrogen and oxygen atoms in total. The first-order valence-electron chi connectivity index (χ1n) is 6.51. The van der Waals surface area contributed by atoms with E-state index in [4.69, 9.17) is 14.6 Å². The molecule has 0 aliphatic heterocycles. The monoisotopic (exact) mass is 264 g/mol. The van der Waals surface area contributed by atoms with Gasteiger partial charge in [0.25, 0.3) is 0 Å². The summed E-state index contributed by atoms with van der Waals surface area (Å²) >= 11 is 0. The van der Waals surface area contributed by atoms with Crippen molar-refractivity contribution in [2.45, 2.75) is 32.1 Å². The lowest BCUT2D eigenvalue weighted by molar-refractivity contribution is -0.137. The van der Waals surface area contributed by atoms with Crippen molar-refractivity contribution in [1.29, 1.82) is 0 Å². The molecule has 1 N–H and O–H groups in total. The number of hydrogen-bond acceptors (Lipinski definition) is 3. The van der Waals surface area contributed by atoms with Gasteiger partial charge in [0, 0.05) is 11.5 Å². The molecule has 4 heteroatoms. The van der Waals surface area contributed by atoms with Gasteiger partial charge in [-0.15, -0.1) is 0 Å². The molecule has 0 radical (unpaired) electrons. The van der Waals surface area contributed by atoms with E-state index in [-0.39, 0.29) is 12.3 Å². The van der Waals surface area contributed by atoms with E-state index >= 15 is 0 Å². The number of aliphatic carboxylic acids is 1. The van der Waals surface area contributed by atoms with Crippen LogP contribution in [-0.4, -0.2) is 25.3 Å². The van der Waals surface area contributed by atoms with E-state index in [1.54, 1.807) is 14.2 Å². The topological polar surface area (TPSA) is 55.8 Å². The van der Waals surface area contributed by atoms with Gasteiger partial charge in [0.05, 0.1) is 20.6 Å². The molecule has 0 heterocycles. The number of benzene rings is 1. The highest BCUT2D eigenvalue weighted by Gasteiger charge is 2.35. The smallest absolute Gasteiger partial charge is 0.303 e. The molecule has 1 unspecified atom stereocenters. The Hall–Kier alpha value is -1.71. The average molecular weight is 264 g/mol. The summed E-state index contributed by atoms with van der Waals surface area (Å²) in [5.41, 5.74) is 1.92. The molecule has 2 rings (SSSR count). The Labute approximate surface area is 113 Å². The number of ether oxygens (including phenoxy) is 2. The van der Waals surface area contributed by atoms with Gasteiger partial charge in [-0.2, -0.15) is 0 Å². The van der Waals surface area contributed by atoms with Gasteiger partial charge in [-0.05, 0) is 37.3 Å². The highest BCUT2D eigenvalue weighted by molar-refractivity contribution is 5.69.